The fourth-order valence-electron chi connectivity index (χ4n) is 2.22. The summed E-state index contributed by atoms with van der Waals surface area (Å²) in [6.45, 7) is 4.73. The predicted octanol–water partition coefficient (Wildman–Crippen LogP) is 4.40. The van der Waals surface area contributed by atoms with Gasteiger partial charge in [-0.25, -0.2) is 0 Å². The van der Waals surface area contributed by atoms with E-state index in [1.165, 1.54) is 0 Å². The van der Waals surface area contributed by atoms with E-state index >= 15 is 0 Å². The standard InChI is InChI=1S/C17H18N2O2/c1-3-20-14-10-8-13(9-11-14)12(2)18-17-19-15-6-4-5-7-16(15)21-17/h4-12H,3H2,1-2H3,(H,18,19)/t12-/m0/s1. The molecule has 0 spiro atoms. The van der Waals surface area contributed by atoms with Crippen LogP contribution in [0.2, 0.25) is 0 Å². The summed E-state index contributed by atoms with van der Waals surface area (Å²) in [5.41, 5.74) is 2.80. The number of aromatic nitrogens is 1. The van der Waals surface area contributed by atoms with Crippen molar-refractivity contribution in [2.75, 3.05) is 11.9 Å². The number of nitrogens with zero attached hydrogens (tertiary/aromatic N) is 1. The Hall–Kier alpha value is -2.49. The Kier molecular flexibility index (Phi) is 3.77. The number of nitrogens with one attached hydrogen (secondary N) is 1. The van der Waals surface area contributed by atoms with Crippen molar-refractivity contribution in [1.29, 1.82) is 0 Å². The first-order valence-corrected chi connectivity index (χ1v) is 7.11. The van der Waals surface area contributed by atoms with Gasteiger partial charge in [0.25, 0.3) is 6.01 Å². The number of hydrogen-bond donors (Lipinski definition) is 1. The van der Waals surface area contributed by atoms with Crippen LogP contribution in [0.3, 0.4) is 0 Å². The summed E-state index contributed by atoms with van der Waals surface area (Å²) in [4.78, 5) is 4.42. The highest BCUT2D eigenvalue weighted by molar-refractivity contribution is 5.74. The van der Waals surface area contributed by atoms with Crippen molar-refractivity contribution in [1.82, 2.24) is 4.98 Å². The fourth-order valence-corrected chi connectivity index (χ4v) is 2.22. The molecule has 1 heterocycles. The van der Waals surface area contributed by atoms with Crippen LogP contribution >= 0.6 is 0 Å². The van der Waals surface area contributed by atoms with Crippen LogP contribution in [-0.4, -0.2) is 11.6 Å². The zero-order valence-electron chi connectivity index (χ0n) is 12.2. The van der Waals surface area contributed by atoms with E-state index < -0.39 is 0 Å². The Morgan fingerprint density at radius 3 is 2.62 bits per heavy atom. The monoisotopic (exact) mass is 282 g/mol. The molecule has 108 valence electrons. The summed E-state index contributed by atoms with van der Waals surface area (Å²) in [6.07, 6.45) is 0. The van der Waals surface area contributed by atoms with Gasteiger partial charge < -0.3 is 14.5 Å². The number of hydrogen-bond acceptors (Lipinski definition) is 4. The van der Waals surface area contributed by atoms with Gasteiger partial charge in [-0.2, -0.15) is 4.98 Å². The lowest BCUT2D eigenvalue weighted by atomic mass is 10.1. The quantitative estimate of drug-likeness (QED) is 0.753. The minimum atomic E-state index is 0.105. The molecule has 0 aliphatic carbocycles. The summed E-state index contributed by atoms with van der Waals surface area (Å²) in [6, 6.07) is 16.4. The molecule has 0 saturated heterocycles. The second-order valence-electron chi connectivity index (χ2n) is 4.85. The molecule has 3 rings (SSSR count). The van der Waals surface area contributed by atoms with Gasteiger partial charge in [0, 0.05) is 0 Å². The first-order chi connectivity index (χ1) is 10.3. The third kappa shape index (κ3) is 2.99. The SMILES string of the molecule is CCOc1ccc([C@H](C)Nc2nc3ccccc3o2)cc1. The molecule has 21 heavy (non-hydrogen) atoms. The molecule has 2 aromatic carbocycles. The van der Waals surface area contributed by atoms with Crippen molar-refractivity contribution < 1.29 is 9.15 Å². The van der Waals surface area contributed by atoms with E-state index in [-0.39, 0.29) is 6.04 Å². The lowest BCUT2D eigenvalue weighted by Crippen LogP contribution is -2.06. The van der Waals surface area contributed by atoms with E-state index in [1.807, 2.05) is 55.5 Å². The number of anilines is 1. The maximum absolute atomic E-state index is 5.68. The smallest absolute Gasteiger partial charge is 0.296 e. The largest absolute Gasteiger partial charge is 0.494 e. The number of ether oxygens (including phenoxy) is 1. The molecule has 1 N–H and O–H groups in total. The van der Waals surface area contributed by atoms with Gasteiger partial charge in [0.2, 0.25) is 0 Å². The first-order valence-electron chi connectivity index (χ1n) is 7.11. The summed E-state index contributed by atoms with van der Waals surface area (Å²) >= 11 is 0. The van der Waals surface area contributed by atoms with Crippen molar-refractivity contribution >= 4 is 17.1 Å². The second-order valence-corrected chi connectivity index (χ2v) is 4.85. The average Bonchev–Trinajstić information content (AvgIpc) is 2.90. The maximum atomic E-state index is 5.68. The number of oxazole rings is 1. The van der Waals surface area contributed by atoms with Gasteiger partial charge in [-0.3, -0.25) is 0 Å². The van der Waals surface area contributed by atoms with Gasteiger partial charge in [0.05, 0.1) is 12.6 Å². The third-order valence-electron chi connectivity index (χ3n) is 3.32. The molecular weight excluding hydrogens is 264 g/mol. The van der Waals surface area contributed by atoms with Gasteiger partial charge in [-0.15, -0.1) is 0 Å². The van der Waals surface area contributed by atoms with E-state index in [2.05, 4.69) is 17.2 Å². The van der Waals surface area contributed by atoms with Crippen molar-refractivity contribution in [3.63, 3.8) is 0 Å². The Morgan fingerprint density at radius 1 is 1.14 bits per heavy atom. The number of benzene rings is 2. The molecule has 0 amide bonds. The van der Waals surface area contributed by atoms with E-state index in [9.17, 15) is 0 Å². The van der Waals surface area contributed by atoms with Gasteiger partial charge in [0.1, 0.15) is 11.3 Å². The molecule has 3 aromatic rings. The van der Waals surface area contributed by atoms with E-state index in [0.717, 1.165) is 22.4 Å². The molecule has 0 radical (unpaired) electrons. The zero-order chi connectivity index (χ0) is 14.7. The highest BCUT2D eigenvalue weighted by atomic mass is 16.5. The molecule has 1 aromatic heterocycles. The molecule has 0 saturated carbocycles. The topological polar surface area (TPSA) is 47.3 Å². The van der Waals surface area contributed by atoms with E-state index in [1.54, 1.807) is 0 Å². The van der Waals surface area contributed by atoms with Crippen LogP contribution in [0.5, 0.6) is 5.75 Å². The molecule has 4 nitrogen and oxygen atoms in total. The van der Waals surface area contributed by atoms with Crippen LogP contribution in [0, 0.1) is 0 Å². The Morgan fingerprint density at radius 2 is 1.90 bits per heavy atom. The minimum Gasteiger partial charge on any atom is -0.494 e. The normalized spacial score (nSPS) is 12.3. The average molecular weight is 282 g/mol. The molecule has 4 heteroatoms. The number of para-hydroxylation sites is 2. The lowest BCUT2D eigenvalue weighted by molar-refractivity contribution is 0.340. The molecule has 1 atom stereocenters. The zero-order valence-corrected chi connectivity index (χ0v) is 12.2. The Labute approximate surface area is 123 Å². The van der Waals surface area contributed by atoms with Crippen LogP contribution in [-0.2, 0) is 0 Å². The van der Waals surface area contributed by atoms with Crippen LogP contribution in [0.4, 0.5) is 6.01 Å². The molecule has 0 aliphatic heterocycles. The summed E-state index contributed by atoms with van der Waals surface area (Å²) in [7, 11) is 0. The van der Waals surface area contributed by atoms with E-state index in [4.69, 9.17) is 9.15 Å². The van der Waals surface area contributed by atoms with Gasteiger partial charge in [-0.05, 0) is 43.7 Å². The first kappa shape index (κ1) is 13.5. The van der Waals surface area contributed by atoms with Crippen molar-refractivity contribution in [3.05, 3.63) is 54.1 Å². The lowest BCUT2D eigenvalue weighted by Gasteiger charge is -2.13. The molecular formula is C17H18N2O2. The number of rotatable bonds is 5. The molecule has 0 aliphatic rings. The molecule has 0 bridgehead atoms. The highest BCUT2D eigenvalue weighted by Gasteiger charge is 2.10. The predicted molar refractivity (Wildman–Crippen MR) is 83.7 cm³/mol. The van der Waals surface area contributed by atoms with Crippen LogP contribution in [0.15, 0.2) is 52.9 Å². The minimum absolute atomic E-state index is 0.105. The van der Waals surface area contributed by atoms with Crippen molar-refractivity contribution in [3.8, 4) is 5.75 Å². The Balaban J connectivity index is 1.74. The van der Waals surface area contributed by atoms with Crippen molar-refractivity contribution in [2.24, 2.45) is 0 Å². The number of fused-ring (bicyclic) bond motifs is 1. The van der Waals surface area contributed by atoms with Crippen LogP contribution < -0.4 is 10.1 Å². The van der Waals surface area contributed by atoms with Crippen molar-refractivity contribution in [2.45, 2.75) is 19.9 Å². The maximum Gasteiger partial charge on any atom is 0.296 e. The second kappa shape index (κ2) is 5.87. The van der Waals surface area contributed by atoms with Crippen LogP contribution in [0.25, 0.3) is 11.1 Å². The van der Waals surface area contributed by atoms with E-state index in [0.29, 0.717) is 12.6 Å². The van der Waals surface area contributed by atoms with Gasteiger partial charge in [0.15, 0.2) is 5.58 Å². The summed E-state index contributed by atoms with van der Waals surface area (Å²) < 4.78 is 11.1. The summed E-state index contributed by atoms with van der Waals surface area (Å²) in [5.74, 6) is 0.885. The third-order valence-corrected chi connectivity index (χ3v) is 3.32. The summed E-state index contributed by atoms with van der Waals surface area (Å²) in [5, 5.41) is 3.28. The fraction of sp³-hybridized carbons (Fsp3) is 0.235. The highest BCUT2D eigenvalue weighted by Crippen LogP contribution is 2.24. The molecule has 0 unspecified atom stereocenters. The Bertz CT molecular complexity index is 686. The van der Waals surface area contributed by atoms with Gasteiger partial charge >= 0.3 is 0 Å². The van der Waals surface area contributed by atoms with Crippen LogP contribution in [0.1, 0.15) is 25.5 Å². The molecule has 0 fully saturated rings. The van der Waals surface area contributed by atoms with Gasteiger partial charge in [-0.1, -0.05) is 24.3 Å².